The summed E-state index contributed by atoms with van der Waals surface area (Å²) in [6.07, 6.45) is 0. The zero-order valence-corrected chi connectivity index (χ0v) is 23.0. The second kappa shape index (κ2) is 8.91. The smallest absolute Gasteiger partial charge is 0.241 e. The molecule has 0 fully saturated rings. The van der Waals surface area contributed by atoms with E-state index in [0.717, 1.165) is 5.52 Å². The van der Waals surface area contributed by atoms with Crippen LogP contribution < -0.4 is 4.57 Å². The van der Waals surface area contributed by atoms with Crippen molar-refractivity contribution >= 4 is 32.6 Å². The quantitative estimate of drug-likeness (QED) is 0.230. The summed E-state index contributed by atoms with van der Waals surface area (Å²) in [5.74, 6) is 2.46. The Bertz CT molecular complexity index is 1520. The SMILES string of the molecule is Cc1ccc2nc(C(C)C)sc2c1-c1n(-c2c(C(C)C)cccc2C(C)C)c2ccccc2[n+]1C. The number of fused-ring (bicyclic) bond motifs is 2. The third-order valence-corrected chi connectivity index (χ3v) is 8.47. The second-order valence-corrected chi connectivity index (χ2v) is 11.6. The van der Waals surface area contributed by atoms with Crippen LogP contribution in [0.1, 0.15) is 81.0 Å². The molecule has 5 rings (SSSR count). The van der Waals surface area contributed by atoms with Gasteiger partial charge in [0.15, 0.2) is 11.0 Å². The molecule has 0 aliphatic heterocycles. The van der Waals surface area contributed by atoms with Crippen molar-refractivity contribution in [1.29, 1.82) is 0 Å². The summed E-state index contributed by atoms with van der Waals surface area (Å²) < 4.78 is 6.20. The van der Waals surface area contributed by atoms with E-state index < -0.39 is 0 Å². The van der Waals surface area contributed by atoms with Gasteiger partial charge in [-0.1, -0.05) is 77.9 Å². The van der Waals surface area contributed by atoms with Gasteiger partial charge in [0.05, 0.1) is 27.8 Å². The number of aryl methyl sites for hydroxylation is 2. The Balaban J connectivity index is 2.00. The van der Waals surface area contributed by atoms with Crippen molar-refractivity contribution in [1.82, 2.24) is 9.55 Å². The lowest BCUT2D eigenvalue weighted by Gasteiger charge is -2.18. The fourth-order valence-electron chi connectivity index (χ4n) is 5.22. The summed E-state index contributed by atoms with van der Waals surface area (Å²) in [7, 11) is 2.21. The van der Waals surface area contributed by atoms with Gasteiger partial charge in [-0.15, -0.1) is 11.3 Å². The minimum Gasteiger partial charge on any atom is -0.241 e. The maximum absolute atomic E-state index is 5.02. The van der Waals surface area contributed by atoms with Gasteiger partial charge in [0.2, 0.25) is 0 Å². The molecule has 0 saturated heterocycles. The first-order valence-electron chi connectivity index (χ1n) is 12.7. The van der Waals surface area contributed by atoms with Gasteiger partial charge < -0.3 is 0 Å². The number of nitrogens with zero attached hydrogens (tertiary/aromatic N) is 3. The number of para-hydroxylation sites is 3. The molecule has 0 aliphatic carbocycles. The lowest BCUT2D eigenvalue weighted by molar-refractivity contribution is -0.633. The molecule has 0 bridgehead atoms. The van der Waals surface area contributed by atoms with E-state index in [1.807, 2.05) is 11.3 Å². The van der Waals surface area contributed by atoms with Crippen molar-refractivity contribution in [2.24, 2.45) is 7.05 Å². The molecule has 0 spiro atoms. The molecule has 180 valence electrons. The molecule has 2 heterocycles. The van der Waals surface area contributed by atoms with E-state index in [0.29, 0.717) is 17.8 Å². The Hall–Kier alpha value is -2.98. The summed E-state index contributed by atoms with van der Waals surface area (Å²) in [6.45, 7) is 15.9. The molecule has 0 atom stereocenters. The third-order valence-electron chi connectivity index (χ3n) is 7.08. The first-order valence-corrected chi connectivity index (χ1v) is 13.5. The standard InChI is InChI=1S/C31H36N3S/c1-18(2)22-12-11-13-23(19(3)4)28(22)34-26-15-10-9-14-25(26)33(8)31(34)27-21(7)16-17-24-29(27)35-30(32-24)20(5)6/h9-20H,1-8H3/q+1. The first kappa shape index (κ1) is 23.7. The fourth-order valence-corrected chi connectivity index (χ4v) is 6.38. The molecule has 3 nitrogen and oxygen atoms in total. The zero-order valence-electron chi connectivity index (χ0n) is 22.2. The minimum absolute atomic E-state index is 0.411. The monoisotopic (exact) mass is 482 g/mol. The molecule has 0 radical (unpaired) electrons. The maximum Gasteiger partial charge on any atom is 0.296 e. The van der Waals surface area contributed by atoms with Crippen molar-refractivity contribution in [2.45, 2.75) is 66.2 Å². The van der Waals surface area contributed by atoms with Crippen LogP contribution in [0, 0.1) is 6.92 Å². The molecule has 4 heteroatoms. The van der Waals surface area contributed by atoms with Crippen molar-refractivity contribution in [3.05, 3.63) is 76.3 Å². The lowest BCUT2D eigenvalue weighted by atomic mass is 9.92. The highest BCUT2D eigenvalue weighted by Crippen LogP contribution is 2.41. The van der Waals surface area contributed by atoms with Gasteiger partial charge in [-0.3, -0.25) is 0 Å². The Morgan fingerprint density at radius 2 is 1.46 bits per heavy atom. The van der Waals surface area contributed by atoms with Crippen molar-refractivity contribution in [3.8, 4) is 17.1 Å². The van der Waals surface area contributed by atoms with Crippen molar-refractivity contribution in [2.75, 3.05) is 0 Å². The van der Waals surface area contributed by atoms with Crippen LogP contribution in [0.15, 0.2) is 54.6 Å². The molecular weight excluding hydrogens is 446 g/mol. The molecular formula is C31H36N3S+. The zero-order chi connectivity index (χ0) is 25.0. The minimum atomic E-state index is 0.411. The van der Waals surface area contributed by atoms with Crippen LogP contribution >= 0.6 is 11.3 Å². The fraction of sp³-hybridized carbons (Fsp3) is 0.355. The number of hydrogen-bond donors (Lipinski definition) is 0. The summed E-state index contributed by atoms with van der Waals surface area (Å²) in [5.41, 5.74) is 10.2. The highest BCUT2D eigenvalue weighted by molar-refractivity contribution is 7.19. The molecule has 5 aromatic rings. The number of thiazole rings is 1. The van der Waals surface area contributed by atoms with Gasteiger partial charge in [0, 0.05) is 17.0 Å². The van der Waals surface area contributed by atoms with Crippen LogP contribution in [0.4, 0.5) is 0 Å². The summed E-state index contributed by atoms with van der Waals surface area (Å²) >= 11 is 1.85. The molecule has 0 saturated carbocycles. The lowest BCUT2D eigenvalue weighted by Crippen LogP contribution is -2.30. The van der Waals surface area contributed by atoms with Crippen molar-refractivity contribution in [3.63, 3.8) is 0 Å². The van der Waals surface area contributed by atoms with Gasteiger partial charge in [-0.25, -0.2) is 9.55 Å². The highest BCUT2D eigenvalue weighted by Gasteiger charge is 2.32. The van der Waals surface area contributed by atoms with E-state index in [1.54, 1.807) is 0 Å². The van der Waals surface area contributed by atoms with Crippen LogP contribution in [-0.2, 0) is 7.05 Å². The summed E-state index contributed by atoms with van der Waals surface area (Å²) in [4.78, 5) is 5.02. The van der Waals surface area contributed by atoms with Gasteiger partial charge in [-0.05, 0) is 42.5 Å². The normalized spacial score (nSPS) is 12.2. The van der Waals surface area contributed by atoms with Crippen LogP contribution in [0.2, 0.25) is 0 Å². The van der Waals surface area contributed by atoms with Crippen molar-refractivity contribution < 1.29 is 4.57 Å². The number of aromatic nitrogens is 3. The predicted molar refractivity (Wildman–Crippen MR) is 150 cm³/mol. The number of imidazole rings is 1. The Morgan fingerprint density at radius 3 is 2.09 bits per heavy atom. The maximum atomic E-state index is 5.02. The molecule has 3 aromatic carbocycles. The van der Waals surface area contributed by atoms with E-state index in [2.05, 4.69) is 119 Å². The average molecular weight is 483 g/mol. The van der Waals surface area contributed by atoms with E-state index in [9.17, 15) is 0 Å². The Labute approximate surface area is 213 Å². The van der Waals surface area contributed by atoms with Gasteiger partial charge in [0.1, 0.15) is 5.69 Å². The molecule has 0 unspecified atom stereocenters. The van der Waals surface area contributed by atoms with E-state index >= 15 is 0 Å². The first-order chi connectivity index (χ1) is 16.7. The Kier molecular flexibility index (Phi) is 6.04. The van der Waals surface area contributed by atoms with Gasteiger partial charge in [0.25, 0.3) is 5.82 Å². The van der Waals surface area contributed by atoms with Gasteiger partial charge in [-0.2, -0.15) is 4.57 Å². The van der Waals surface area contributed by atoms with Crippen LogP contribution in [0.3, 0.4) is 0 Å². The summed E-state index contributed by atoms with van der Waals surface area (Å²) in [5, 5.41) is 1.20. The topological polar surface area (TPSA) is 21.7 Å². The Morgan fingerprint density at radius 1 is 0.800 bits per heavy atom. The van der Waals surface area contributed by atoms with E-state index in [1.165, 1.54) is 54.5 Å². The molecule has 0 aliphatic rings. The van der Waals surface area contributed by atoms with Crippen LogP contribution in [0.25, 0.3) is 38.3 Å². The average Bonchev–Trinajstić information content (AvgIpc) is 3.38. The largest absolute Gasteiger partial charge is 0.296 e. The van der Waals surface area contributed by atoms with E-state index in [4.69, 9.17) is 4.98 Å². The molecule has 0 N–H and O–H groups in total. The van der Waals surface area contributed by atoms with Crippen LogP contribution in [0.5, 0.6) is 0 Å². The highest BCUT2D eigenvalue weighted by atomic mass is 32.1. The molecule has 2 aromatic heterocycles. The van der Waals surface area contributed by atoms with Crippen LogP contribution in [-0.4, -0.2) is 9.55 Å². The second-order valence-electron chi connectivity index (χ2n) is 10.6. The van der Waals surface area contributed by atoms with E-state index in [-0.39, 0.29) is 0 Å². The molecule has 35 heavy (non-hydrogen) atoms. The van der Waals surface area contributed by atoms with Gasteiger partial charge >= 0.3 is 0 Å². The number of hydrogen-bond acceptors (Lipinski definition) is 2. The number of benzene rings is 3. The third kappa shape index (κ3) is 3.79. The summed E-state index contributed by atoms with van der Waals surface area (Å²) in [6, 6.07) is 20.1. The molecule has 0 amide bonds. The predicted octanol–water partition coefficient (Wildman–Crippen LogP) is 8.41. The number of rotatable bonds is 5.